The topological polar surface area (TPSA) is 278 Å². The molecule has 0 amide bonds. The van der Waals surface area contributed by atoms with Crippen LogP contribution in [0.5, 0.6) is 0 Å². The van der Waals surface area contributed by atoms with Crippen molar-refractivity contribution in [2.75, 3.05) is 6.61 Å². The maximum Gasteiger partial charge on any atom is 0.218 e. The molecule has 0 aromatic carbocycles. The Kier molecular flexibility index (Phi) is 4.16. The molecule has 110 valence electrons. The van der Waals surface area contributed by atoms with E-state index in [-0.39, 0.29) is 0 Å². The lowest BCUT2D eigenvalue weighted by molar-refractivity contribution is -0.333. The van der Waals surface area contributed by atoms with Crippen molar-refractivity contribution in [1.82, 2.24) is 0 Å². The minimum atomic E-state index is -3.61. The van der Waals surface area contributed by atoms with Gasteiger partial charge in [0.25, 0.3) is 0 Å². The van der Waals surface area contributed by atoms with Crippen LogP contribution in [0.2, 0.25) is 0 Å². The fraction of sp³-hybridized carbons (Fsp3) is 1.00. The predicted molar refractivity (Wildman–Crippen MR) is 57.0 cm³/mol. The van der Waals surface area contributed by atoms with Gasteiger partial charge in [0.2, 0.25) is 23.0 Å². The summed E-state index contributed by atoms with van der Waals surface area (Å²) in [7, 11) is 0. The summed E-state index contributed by atoms with van der Waals surface area (Å²) in [5, 5.41) is 56.3. The van der Waals surface area contributed by atoms with Crippen molar-refractivity contribution in [3.05, 3.63) is 0 Å². The van der Waals surface area contributed by atoms with E-state index in [1.807, 2.05) is 0 Å². The lowest BCUT2D eigenvalue weighted by Gasteiger charge is -2.53. The van der Waals surface area contributed by atoms with E-state index in [9.17, 15) is 25.5 Å². The lowest BCUT2D eigenvalue weighted by Crippen LogP contribution is -2.93. The molecule has 0 radical (unpaired) electrons. The highest BCUT2D eigenvalue weighted by Crippen LogP contribution is 2.30. The fourth-order valence-corrected chi connectivity index (χ4v) is 1.05. The van der Waals surface area contributed by atoms with Gasteiger partial charge in [0.15, 0.2) is 5.72 Å². The number of rotatable bonds is 5. The first-order chi connectivity index (χ1) is 7.56. The lowest BCUT2D eigenvalue weighted by atomic mass is 9.81. The number of nitrogens with two attached hydrogens (primary N) is 6. The van der Waals surface area contributed by atoms with Gasteiger partial charge >= 0.3 is 0 Å². The van der Waals surface area contributed by atoms with Crippen LogP contribution in [0, 0.1) is 0 Å². The van der Waals surface area contributed by atoms with Gasteiger partial charge in [-0.05, 0) is 0 Å². The summed E-state index contributed by atoms with van der Waals surface area (Å²) in [4.78, 5) is 0. The third-order valence-corrected chi connectivity index (χ3v) is 2.67. The maximum atomic E-state index is 9.73. The highest BCUT2D eigenvalue weighted by Gasteiger charge is 2.69. The number of hydrogen-bond acceptors (Lipinski definition) is 12. The Morgan fingerprint density at radius 2 is 0.944 bits per heavy atom. The van der Waals surface area contributed by atoms with Gasteiger partial charge in [0.1, 0.15) is 0 Å². The standard InChI is InChI=1S/C6H20N6O6/c7-2(14,1-13)3(8,15)4(9,16)5(10,17)6(11,12)18/h13-18H,1,7-12H2/t2-,3-,4+,5-/m1/s1. The van der Waals surface area contributed by atoms with Crippen molar-refractivity contribution in [2.45, 2.75) is 28.7 Å². The third-order valence-electron chi connectivity index (χ3n) is 2.67. The Morgan fingerprint density at radius 1 is 0.611 bits per heavy atom. The Morgan fingerprint density at radius 3 is 1.17 bits per heavy atom. The van der Waals surface area contributed by atoms with Gasteiger partial charge < -0.3 is 30.6 Å². The number of aliphatic hydroxyl groups excluding tert-OH is 1. The molecule has 0 saturated carbocycles. The second kappa shape index (κ2) is 4.27. The summed E-state index contributed by atoms with van der Waals surface area (Å²) in [6, 6.07) is 0. The average molecular weight is 272 g/mol. The molecule has 4 atom stereocenters. The predicted octanol–water partition coefficient (Wildman–Crippen LogP) is -7.87. The summed E-state index contributed by atoms with van der Waals surface area (Å²) in [5.74, 6) is -3.23. The van der Waals surface area contributed by atoms with Crippen LogP contribution in [0.25, 0.3) is 0 Å². The van der Waals surface area contributed by atoms with Gasteiger partial charge in [-0.15, -0.1) is 0 Å². The first-order valence-electron chi connectivity index (χ1n) is 4.52. The number of aliphatic hydroxyl groups is 6. The van der Waals surface area contributed by atoms with E-state index in [1.165, 1.54) is 0 Å². The van der Waals surface area contributed by atoms with Crippen LogP contribution in [0.1, 0.15) is 0 Å². The molecule has 18 N–H and O–H groups in total. The highest BCUT2D eigenvalue weighted by molar-refractivity contribution is 5.14. The van der Waals surface area contributed by atoms with Gasteiger partial charge in [-0.2, -0.15) is 0 Å². The molecule has 0 fully saturated rings. The summed E-state index contributed by atoms with van der Waals surface area (Å²) in [6.45, 7) is -1.39. The Hall–Kier alpha value is -0.480. The van der Waals surface area contributed by atoms with Crippen LogP contribution in [0.4, 0.5) is 0 Å². The van der Waals surface area contributed by atoms with Crippen molar-refractivity contribution in [2.24, 2.45) is 34.4 Å². The maximum absolute atomic E-state index is 9.73. The van der Waals surface area contributed by atoms with E-state index < -0.39 is 35.4 Å². The van der Waals surface area contributed by atoms with Crippen LogP contribution in [0.15, 0.2) is 0 Å². The molecular weight excluding hydrogens is 252 g/mol. The average Bonchev–Trinajstić information content (AvgIpc) is 2.15. The molecule has 0 aromatic rings. The first kappa shape index (κ1) is 17.5. The molecule has 18 heavy (non-hydrogen) atoms. The molecule has 0 bridgehead atoms. The minimum absolute atomic E-state index is 1.39. The molecule has 0 aliphatic rings. The molecule has 0 saturated heterocycles. The molecule has 0 rings (SSSR count). The monoisotopic (exact) mass is 272 g/mol. The molecule has 0 aliphatic carbocycles. The molecule has 0 aromatic heterocycles. The van der Waals surface area contributed by atoms with Crippen LogP contribution in [-0.2, 0) is 0 Å². The van der Waals surface area contributed by atoms with Gasteiger partial charge in [0.05, 0.1) is 6.61 Å². The summed E-state index contributed by atoms with van der Waals surface area (Å²) >= 11 is 0. The zero-order valence-electron chi connectivity index (χ0n) is 9.35. The highest BCUT2D eigenvalue weighted by atomic mass is 16.5. The van der Waals surface area contributed by atoms with Crippen molar-refractivity contribution in [3.8, 4) is 0 Å². The van der Waals surface area contributed by atoms with Crippen LogP contribution in [0.3, 0.4) is 0 Å². The van der Waals surface area contributed by atoms with Gasteiger partial charge in [-0.3, -0.25) is 34.4 Å². The van der Waals surface area contributed by atoms with Crippen molar-refractivity contribution >= 4 is 0 Å². The normalized spacial score (nSPS) is 26.7. The summed E-state index contributed by atoms with van der Waals surface area (Å²) in [6.07, 6.45) is 0. The van der Waals surface area contributed by atoms with Gasteiger partial charge in [-0.25, -0.2) is 0 Å². The van der Waals surface area contributed by atoms with Crippen LogP contribution >= 0.6 is 0 Å². The van der Waals surface area contributed by atoms with E-state index in [0.717, 1.165) is 0 Å². The fourth-order valence-electron chi connectivity index (χ4n) is 1.05. The Balaban J connectivity index is 5.80. The second-order valence-electron chi connectivity index (χ2n) is 4.21. The molecule has 0 heterocycles. The quantitative estimate of drug-likeness (QED) is 0.208. The van der Waals surface area contributed by atoms with Crippen molar-refractivity contribution in [3.63, 3.8) is 0 Å². The SMILES string of the molecule is NC(N)(O)[C@](N)(O)[C@@](N)(O)[C@](N)(O)[C@](N)(O)CO. The largest absolute Gasteiger partial charge is 0.392 e. The van der Waals surface area contributed by atoms with E-state index in [2.05, 4.69) is 0 Å². The molecular formula is C6H20N6O6. The zero-order chi connectivity index (χ0) is 15.2. The van der Waals surface area contributed by atoms with Crippen molar-refractivity contribution < 1.29 is 30.6 Å². The third kappa shape index (κ3) is 2.21. The zero-order valence-corrected chi connectivity index (χ0v) is 9.35. The minimum Gasteiger partial charge on any atom is -0.392 e. The molecule has 12 heteroatoms. The van der Waals surface area contributed by atoms with Crippen LogP contribution in [-0.4, -0.2) is 66.0 Å². The molecule has 0 aliphatic heterocycles. The Labute approximate surface area is 101 Å². The smallest absolute Gasteiger partial charge is 0.218 e. The first-order valence-corrected chi connectivity index (χ1v) is 4.52. The summed E-state index contributed by atoms with van der Waals surface area (Å²) in [5.41, 5.74) is 16.1. The van der Waals surface area contributed by atoms with E-state index in [4.69, 9.17) is 39.5 Å². The number of hydrogen-bond donors (Lipinski definition) is 12. The molecule has 12 nitrogen and oxygen atoms in total. The molecule has 0 unspecified atom stereocenters. The van der Waals surface area contributed by atoms with E-state index in [1.54, 1.807) is 0 Å². The molecule has 0 spiro atoms. The van der Waals surface area contributed by atoms with E-state index in [0.29, 0.717) is 0 Å². The second-order valence-corrected chi connectivity index (χ2v) is 4.21. The van der Waals surface area contributed by atoms with Crippen molar-refractivity contribution in [1.29, 1.82) is 0 Å². The van der Waals surface area contributed by atoms with Gasteiger partial charge in [0, 0.05) is 0 Å². The van der Waals surface area contributed by atoms with Gasteiger partial charge in [-0.1, -0.05) is 0 Å². The van der Waals surface area contributed by atoms with E-state index >= 15 is 0 Å². The Bertz CT molecular complexity index is 310. The summed E-state index contributed by atoms with van der Waals surface area (Å²) < 4.78 is 0. The van der Waals surface area contributed by atoms with Crippen LogP contribution < -0.4 is 34.4 Å².